The molecule has 2 aromatic rings. The first-order chi connectivity index (χ1) is 10.6. The molecule has 0 spiro atoms. The Morgan fingerprint density at radius 1 is 1.27 bits per heavy atom. The number of aliphatic carboxylic acids is 1. The summed E-state index contributed by atoms with van der Waals surface area (Å²) < 4.78 is 1.80. The summed E-state index contributed by atoms with van der Waals surface area (Å²) in [6.07, 6.45) is 3.07. The fourth-order valence-electron chi connectivity index (χ4n) is 2.07. The molecular weight excluding hydrogens is 284 g/mol. The van der Waals surface area contributed by atoms with E-state index in [4.69, 9.17) is 5.11 Å². The molecule has 116 valence electrons. The van der Waals surface area contributed by atoms with Crippen LogP contribution in [0.3, 0.4) is 0 Å². The molecule has 7 heteroatoms. The molecule has 0 atom stereocenters. The van der Waals surface area contributed by atoms with Gasteiger partial charge < -0.3 is 15.0 Å². The summed E-state index contributed by atoms with van der Waals surface area (Å²) in [5.74, 6) is -0.241. The van der Waals surface area contributed by atoms with Crippen LogP contribution in [0, 0.1) is 0 Å². The first kappa shape index (κ1) is 15.7. The lowest BCUT2D eigenvalue weighted by Crippen LogP contribution is -2.11. The Labute approximate surface area is 128 Å². The largest absolute Gasteiger partial charge is 0.481 e. The highest BCUT2D eigenvalue weighted by Crippen LogP contribution is 2.20. The van der Waals surface area contributed by atoms with E-state index < -0.39 is 5.97 Å². The molecule has 0 saturated heterocycles. The van der Waals surface area contributed by atoms with E-state index in [0.29, 0.717) is 24.9 Å². The highest BCUT2D eigenvalue weighted by Gasteiger charge is 2.07. The molecule has 0 saturated carbocycles. The van der Waals surface area contributed by atoms with E-state index in [1.807, 2.05) is 25.2 Å². The summed E-state index contributed by atoms with van der Waals surface area (Å²) in [6.45, 7) is 0. The lowest BCUT2D eigenvalue weighted by molar-refractivity contribution is -0.137. The third-order valence-corrected chi connectivity index (χ3v) is 3.16. The zero-order valence-corrected chi connectivity index (χ0v) is 12.3. The normalized spacial score (nSPS) is 10.4. The van der Waals surface area contributed by atoms with Crippen molar-refractivity contribution < 1.29 is 14.7 Å². The van der Waals surface area contributed by atoms with Crippen LogP contribution in [0.2, 0.25) is 0 Å². The van der Waals surface area contributed by atoms with Crippen molar-refractivity contribution in [1.29, 1.82) is 0 Å². The van der Waals surface area contributed by atoms with Crippen LogP contribution in [-0.2, 0) is 16.6 Å². The first-order valence-corrected chi connectivity index (χ1v) is 7.02. The second kappa shape index (κ2) is 7.35. The van der Waals surface area contributed by atoms with Crippen molar-refractivity contribution in [2.24, 2.45) is 7.05 Å². The van der Waals surface area contributed by atoms with E-state index in [-0.39, 0.29) is 12.3 Å². The number of amides is 1. The smallest absolute Gasteiger partial charge is 0.303 e. The number of carboxylic acids is 1. The molecule has 2 N–H and O–H groups in total. The van der Waals surface area contributed by atoms with Gasteiger partial charge in [0.1, 0.15) is 6.33 Å². The van der Waals surface area contributed by atoms with E-state index in [9.17, 15) is 9.59 Å². The van der Waals surface area contributed by atoms with Crippen molar-refractivity contribution in [1.82, 2.24) is 14.8 Å². The summed E-state index contributed by atoms with van der Waals surface area (Å²) in [4.78, 5) is 22.2. The van der Waals surface area contributed by atoms with E-state index >= 15 is 0 Å². The van der Waals surface area contributed by atoms with Crippen molar-refractivity contribution in [3.8, 4) is 11.4 Å². The van der Waals surface area contributed by atoms with Gasteiger partial charge in [-0.05, 0) is 25.0 Å². The van der Waals surface area contributed by atoms with E-state index in [2.05, 4.69) is 15.5 Å². The highest BCUT2D eigenvalue weighted by atomic mass is 16.4. The van der Waals surface area contributed by atoms with Crippen LogP contribution < -0.4 is 5.32 Å². The van der Waals surface area contributed by atoms with Crippen LogP contribution in [0.4, 0.5) is 5.69 Å². The van der Waals surface area contributed by atoms with Crippen LogP contribution >= 0.6 is 0 Å². The maximum atomic E-state index is 11.8. The Hall–Kier alpha value is -2.70. The fraction of sp³-hybridized carbons (Fsp3) is 0.333. The topological polar surface area (TPSA) is 97.1 Å². The number of carbonyl (C=O) groups is 2. The molecule has 0 aliphatic rings. The van der Waals surface area contributed by atoms with Crippen molar-refractivity contribution >= 4 is 17.6 Å². The lowest BCUT2D eigenvalue weighted by atomic mass is 10.1. The Morgan fingerprint density at radius 2 is 2.05 bits per heavy atom. The number of hydrogen-bond acceptors (Lipinski definition) is 4. The van der Waals surface area contributed by atoms with E-state index in [1.54, 1.807) is 17.0 Å². The number of carbonyl (C=O) groups excluding carboxylic acids is 1. The van der Waals surface area contributed by atoms with Crippen LogP contribution in [0.15, 0.2) is 30.6 Å². The number of aromatic nitrogens is 3. The monoisotopic (exact) mass is 302 g/mol. The summed E-state index contributed by atoms with van der Waals surface area (Å²) >= 11 is 0. The maximum Gasteiger partial charge on any atom is 0.303 e. The number of rotatable bonds is 7. The fourth-order valence-corrected chi connectivity index (χ4v) is 2.07. The molecule has 0 aliphatic heterocycles. The molecule has 1 aromatic carbocycles. The summed E-state index contributed by atoms with van der Waals surface area (Å²) in [5, 5.41) is 19.2. The van der Waals surface area contributed by atoms with Gasteiger partial charge in [0.15, 0.2) is 5.82 Å². The maximum absolute atomic E-state index is 11.8. The predicted octanol–water partition coefficient (Wildman–Crippen LogP) is 2.07. The summed E-state index contributed by atoms with van der Waals surface area (Å²) in [6, 6.07) is 7.37. The third kappa shape index (κ3) is 4.41. The number of nitrogens with one attached hydrogen (secondary N) is 1. The molecule has 0 unspecified atom stereocenters. The van der Waals surface area contributed by atoms with Gasteiger partial charge in [0, 0.05) is 31.1 Å². The van der Waals surface area contributed by atoms with Crippen molar-refractivity contribution in [3.63, 3.8) is 0 Å². The van der Waals surface area contributed by atoms with Gasteiger partial charge in [-0.25, -0.2) is 0 Å². The number of aryl methyl sites for hydroxylation is 1. The van der Waals surface area contributed by atoms with Gasteiger partial charge in [-0.1, -0.05) is 12.1 Å². The molecule has 0 aliphatic carbocycles. The van der Waals surface area contributed by atoms with Crippen molar-refractivity contribution in [2.45, 2.75) is 25.7 Å². The Bertz CT molecular complexity index is 666. The van der Waals surface area contributed by atoms with Crippen LogP contribution in [0.5, 0.6) is 0 Å². The minimum Gasteiger partial charge on any atom is -0.481 e. The standard InChI is InChI=1S/C15H18N4O3/c1-19-10-16-18-15(19)11-5-4-6-12(9-11)17-13(20)7-2-3-8-14(21)22/h4-6,9-10H,2-3,7-8H2,1H3,(H,17,20)(H,21,22). The minimum atomic E-state index is -0.836. The molecule has 22 heavy (non-hydrogen) atoms. The number of benzene rings is 1. The van der Waals surface area contributed by atoms with Gasteiger partial charge >= 0.3 is 5.97 Å². The zero-order chi connectivity index (χ0) is 15.9. The van der Waals surface area contributed by atoms with E-state index in [1.165, 1.54) is 0 Å². The van der Waals surface area contributed by atoms with Gasteiger partial charge in [-0.15, -0.1) is 10.2 Å². The Balaban J connectivity index is 1.92. The van der Waals surface area contributed by atoms with Crippen molar-refractivity contribution in [2.75, 3.05) is 5.32 Å². The van der Waals surface area contributed by atoms with Gasteiger partial charge in [0.05, 0.1) is 0 Å². The minimum absolute atomic E-state index is 0.0922. The van der Waals surface area contributed by atoms with Crippen LogP contribution in [0.1, 0.15) is 25.7 Å². The summed E-state index contributed by atoms with van der Waals surface area (Å²) in [7, 11) is 1.85. The highest BCUT2D eigenvalue weighted by molar-refractivity contribution is 5.91. The summed E-state index contributed by atoms with van der Waals surface area (Å²) in [5.41, 5.74) is 1.55. The molecule has 2 rings (SSSR count). The number of carboxylic acid groups (broad SMARTS) is 1. The average Bonchev–Trinajstić information content (AvgIpc) is 2.90. The second-order valence-electron chi connectivity index (χ2n) is 5.00. The number of anilines is 1. The quantitative estimate of drug-likeness (QED) is 0.763. The van der Waals surface area contributed by atoms with Crippen LogP contribution in [-0.4, -0.2) is 31.7 Å². The molecule has 1 aromatic heterocycles. The van der Waals surface area contributed by atoms with Gasteiger partial charge in [-0.3, -0.25) is 9.59 Å². The zero-order valence-electron chi connectivity index (χ0n) is 12.3. The molecule has 7 nitrogen and oxygen atoms in total. The molecule has 1 amide bonds. The third-order valence-electron chi connectivity index (χ3n) is 3.16. The lowest BCUT2D eigenvalue weighted by Gasteiger charge is -2.07. The number of hydrogen-bond donors (Lipinski definition) is 2. The van der Waals surface area contributed by atoms with Gasteiger partial charge in [-0.2, -0.15) is 0 Å². The number of unbranched alkanes of at least 4 members (excludes halogenated alkanes) is 1. The van der Waals surface area contributed by atoms with Gasteiger partial charge in [0.25, 0.3) is 0 Å². The van der Waals surface area contributed by atoms with Crippen molar-refractivity contribution in [3.05, 3.63) is 30.6 Å². The Morgan fingerprint density at radius 3 is 2.73 bits per heavy atom. The molecule has 0 radical (unpaired) electrons. The SMILES string of the molecule is Cn1cnnc1-c1cccc(NC(=O)CCCCC(=O)O)c1. The Kier molecular flexibility index (Phi) is 5.24. The van der Waals surface area contributed by atoms with Gasteiger partial charge in [0.2, 0.25) is 5.91 Å². The predicted molar refractivity (Wildman–Crippen MR) is 81.2 cm³/mol. The molecule has 1 heterocycles. The first-order valence-electron chi connectivity index (χ1n) is 7.02. The molecule has 0 bridgehead atoms. The number of nitrogens with zero attached hydrogens (tertiary/aromatic N) is 3. The van der Waals surface area contributed by atoms with E-state index in [0.717, 1.165) is 11.4 Å². The average molecular weight is 302 g/mol. The van der Waals surface area contributed by atoms with Crippen LogP contribution in [0.25, 0.3) is 11.4 Å². The molecular formula is C15H18N4O3. The molecule has 0 fully saturated rings. The second-order valence-corrected chi connectivity index (χ2v) is 5.00.